The Morgan fingerprint density at radius 3 is 2.42 bits per heavy atom. The molecule has 110 valence electrons. The van der Waals surface area contributed by atoms with E-state index < -0.39 is 17.1 Å². The quantitative estimate of drug-likeness (QED) is 0.291. The molecule has 1 saturated heterocycles. The fourth-order valence-corrected chi connectivity index (χ4v) is 2.16. The fraction of sp³-hybridized carbons (Fsp3) is 0.833. The van der Waals surface area contributed by atoms with Crippen LogP contribution in [0.2, 0.25) is 0 Å². The number of urea groups is 2. The molecular weight excluding hydrogens is 264 g/mol. The summed E-state index contributed by atoms with van der Waals surface area (Å²) in [6.45, 7) is 4.13. The molecule has 0 aromatic carbocycles. The first-order chi connectivity index (χ1) is 8.90. The Hall–Kier alpha value is -0.950. The number of imide groups is 1. The van der Waals surface area contributed by atoms with Gasteiger partial charge in [0.2, 0.25) is 0 Å². The van der Waals surface area contributed by atoms with Crippen LogP contribution in [0.15, 0.2) is 0 Å². The third kappa shape index (κ3) is 4.28. The van der Waals surface area contributed by atoms with Crippen LogP contribution >= 0.6 is 12.6 Å². The summed E-state index contributed by atoms with van der Waals surface area (Å²) in [5.41, 5.74) is 0. The molecule has 1 rings (SSSR count). The first-order valence-corrected chi connectivity index (χ1v) is 7.26. The second-order valence-corrected chi connectivity index (χ2v) is 5.89. The number of unbranched alkanes of at least 4 members (excludes halogenated alkanes) is 5. The van der Waals surface area contributed by atoms with Crippen LogP contribution in [0.25, 0.3) is 0 Å². The lowest BCUT2D eigenvalue weighted by atomic mass is 10.1. The maximum absolute atomic E-state index is 11.9. The molecule has 3 N–H and O–H groups in total. The zero-order valence-electron chi connectivity index (χ0n) is 11.7. The minimum Gasteiger partial charge on any atom is -0.305 e. The average molecular weight is 288 g/mol. The van der Waals surface area contributed by atoms with Crippen molar-refractivity contribution >= 4 is 24.7 Å². The van der Waals surface area contributed by atoms with Crippen molar-refractivity contribution in [3.8, 4) is 0 Å². The minimum atomic E-state index is -1.13. The van der Waals surface area contributed by atoms with Gasteiger partial charge in [-0.05, 0) is 13.3 Å². The van der Waals surface area contributed by atoms with Crippen LogP contribution in [0.5, 0.6) is 0 Å². The Kier molecular flexibility index (Phi) is 5.93. The average Bonchev–Trinajstić information content (AvgIpc) is 2.34. The lowest BCUT2D eigenvalue weighted by Gasteiger charge is -2.42. The van der Waals surface area contributed by atoms with Gasteiger partial charge in [-0.25, -0.2) is 25.3 Å². The van der Waals surface area contributed by atoms with Gasteiger partial charge in [0.25, 0.3) is 0 Å². The Morgan fingerprint density at radius 1 is 1.21 bits per heavy atom. The summed E-state index contributed by atoms with van der Waals surface area (Å²) >= 11 is 4.14. The topological polar surface area (TPSA) is 78.7 Å². The Morgan fingerprint density at radius 2 is 1.79 bits per heavy atom. The molecular formula is C12H24N4O2S. The van der Waals surface area contributed by atoms with E-state index in [1.165, 1.54) is 19.3 Å². The second-order valence-electron chi connectivity index (χ2n) is 5.02. The summed E-state index contributed by atoms with van der Waals surface area (Å²) in [5.74, 6) is 5.63. The number of nitrogens with two attached hydrogens (primary N) is 1. The number of amides is 4. The number of hydrazine groups is 1. The standard InChI is InChI=1S/C12H24N4O2S/c1-3-4-5-6-7-8-9-15-10(17)14-12(2,19)16(13)11(15)18/h19H,3-9,13H2,1-2H3,(H,14,17). The largest absolute Gasteiger partial charge is 0.345 e. The van der Waals surface area contributed by atoms with E-state index in [9.17, 15) is 9.59 Å². The van der Waals surface area contributed by atoms with Gasteiger partial charge < -0.3 is 5.32 Å². The van der Waals surface area contributed by atoms with Gasteiger partial charge in [0.1, 0.15) is 0 Å². The molecule has 1 aliphatic rings. The van der Waals surface area contributed by atoms with Gasteiger partial charge in [-0.1, -0.05) is 39.0 Å². The summed E-state index contributed by atoms with van der Waals surface area (Å²) in [7, 11) is 0. The number of carbonyl (C=O) groups is 2. The van der Waals surface area contributed by atoms with Gasteiger partial charge in [-0.15, -0.1) is 12.6 Å². The number of hydrogen-bond acceptors (Lipinski definition) is 4. The van der Waals surface area contributed by atoms with E-state index in [0.29, 0.717) is 6.54 Å². The van der Waals surface area contributed by atoms with Gasteiger partial charge in [0.05, 0.1) is 0 Å². The van der Waals surface area contributed by atoms with Gasteiger partial charge in [0, 0.05) is 6.54 Å². The van der Waals surface area contributed by atoms with E-state index in [1.54, 1.807) is 6.92 Å². The zero-order chi connectivity index (χ0) is 14.5. The van der Waals surface area contributed by atoms with Crippen molar-refractivity contribution in [3.05, 3.63) is 0 Å². The predicted octanol–water partition coefficient (Wildman–Crippen LogP) is 2.27. The highest BCUT2D eigenvalue weighted by Crippen LogP contribution is 2.20. The SMILES string of the molecule is CCCCCCCCN1C(=O)NC(C)(S)N(N)C1=O. The summed E-state index contributed by atoms with van der Waals surface area (Å²) in [4.78, 5) is 23.7. The van der Waals surface area contributed by atoms with Crippen LogP contribution in [0.4, 0.5) is 9.59 Å². The summed E-state index contributed by atoms with van der Waals surface area (Å²) in [6.07, 6.45) is 6.59. The summed E-state index contributed by atoms with van der Waals surface area (Å²) < 4.78 is 0. The predicted molar refractivity (Wildman–Crippen MR) is 77.4 cm³/mol. The van der Waals surface area contributed by atoms with Crippen LogP contribution in [0, 0.1) is 0 Å². The van der Waals surface area contributed by atoms with Crippen molar-refractivity contribution < 1.29 is 9.59 Å². The summed E-state index contributed by atoms with van der Waals surface area (Å²) in [6, 6.07) is -0.937. The number of nitrogens with one attached hydrogen (secondary N) is 1. The van der Waals surface area contributed by atoms with Crippen LogP contribution < -0.4 is 11.2 Å². The van der Waals surface area contributed by atoms with Crippen molar-refractivity contribution in [1.82, 2.24) is 15.2 Å². The molecule has 1 fully saturated rings. The molecule has 0 aromatic rings. The molecule has 19 heavy (non-hydrogen) atoms. The molecule has 0 aromatic heterocycles. The van der Waals surface area contributed by atoms with E-state index in [0.717, 1.165) is 29.2 Å². The molecule has 4 amide bonds. The van der Waals surface area contributed by atoms with Crippen molar-refractivity contribution in [3.63, 3.8) is 0 Å². The molecule has 0 saturated carbocycles. The van der Waals surface area contributed by atoms with Crippen molar-refractivity contribution in [2.24, 2.45) is 5.84 Å². The maximum Gasteiger partial charge on any atom is 0.345 e. The molecule has 1 heterocycles. The third-order valence-electron chi connectivity index (χ3n) is 3.23. The van der Waals surface area contributed by atoms with E-state index in [2.05, 4.69) is 24.9 Å². The van der Waals surface area contributed by atoms with Crippen LogP contribution in [-0.4, -0.2) is 33.5 Å². The fourth-order valence-electron chi connectivity index (χ4n) is 1.98. The Labute approximate surface area is 120 Å². The Bertz CT molecular complexity index is 336. The number of rotatable bonds is 7. The Balaban J connectivity index is 2.37. The van der Waals surface area contributed by atoms with Gasteiger partial charge in [-0.3, -0.25) is 0 Å². The number of nitrogens with zero attached hydrogens (tertiary/aromatic N) is 2. The maximum atomic E-state index is 11.9. The lowest BCUT2D eigenvalue weighted by molar-refractivity contribution is 0.0961. The highest BCUT2D eigenvalue weighted by Gasteiger charge is 2.42. The van der Waals surface area contributed by atoms with Crippen LogP contribution in [0.3, 0.4) is 0 Å². The molecule has 6 nitrogen and oxygen atoms in total. The monoisotopic (exact) mass is 288 g/mol. The van der Waals surface area contributed by atoms with Gasteiger partial charge in [0.15, 0.2) is 4.99 Å². The summed E-state index contributed by atoms with van der Waals surface area (Å²) in [5, 5.41) is 3.52. The highest BCUT2D eigenvalue weighted by atomic mass is 32.1. The van der Waals surface area contributed by atoms with Crippen molar-refractivity contribution in [1.29, 1.82) is 0 Å². The first-order valence-electron chi connectivity index (χ1n) is 6.81. The number of hydrogen-bond donors (Lipinski definition) is 3. The van der Waals surface area contributed by atoms with Gasteiger partial charge in [-0.2, -0.15) is 0 Å². The molecule has 0 spiro atoms. The lowest BCUT2D eigenvalue weighted by Crippen LogP contribution is -2.71. The molecule has 0 aliphatic carbocycles. The molecule has 0 radical (unpaired) electrons. The smallest absolute Gasteiger partial charge is 0.305 e. The molecule has 7 heteroatoms. The van der Waals surface area contributed by atoms with E-state index in [1.807, 2.05) is 0 Å². The highest BCUT2D eigenvalue weighted by molar-refractivity contribution is 7.81. The first kappa shape index (κ1) is 16.1. The minimum absolute atomic E-state index is 0.397. The second kappa shape index (κ2) is 7.00. The number of thiol groups is 1. The van der Waals surface area contributed by atoms with E-state index >= 15 is 0 Å². The zero-order valence-corrected chi connectivity index (χ0v) is 12.6. The third-order valence-corrected chi connectivity index (χ3v) is 3.56. The molecule has 1 atom stereocenters. The molecule has 0 bridgehead atoms. The van der Waals surface area contributed by atoms with Crippen LogP contribution in [-0.2, 0) is 0 Å². The number of carbonyl (C=O) groups excluding carboxylic acids is 2. The molecule has 1 aliphatic heterocycles. The normalized spacial score (nSPS) is 23.8. The van der Waals surface area contributed by atoms with Crippen molar-refractivity contribution in [2.45, 2.75) is 57.4 Å². The van der Waals surface area contributed by atoms with E-state index in [-0.39, 0.29) is 0 Å². The van der Waals surface area contributed by atoms with Crippen LogP contribution in [0.1, 0.15) is 52.4 Å². The van der Waals surface area contributed by atoms with Crippen molar-refractivity contribution in [2.75, 3.05) is 6.54 Å². The van der Waals surface area contributed by atoms with Gasteiger partial charge >= 0.3 is 12.1 Å². The van der Waals surface area contributed by atoms with E-state index in [4.69, 9.17) is 5.84 Å². The molecule has 1 unspecified atom stereocenters.